The summed E-state index contributed by atoms with van der Waals surface area (Å²) in [4.78, 5) is 28.2. The molecule has 0 bridgehead atoms. The fourth-order valence-electron chi connectivity index (χ4n) is 3.55. The molecule has 0 saturated carbocycles. The lowest BCUT2D eigenvalue weighted by molar-refractivity contribution is -0.143. The molecular weight excluding hydrogens is 490 g/mol. The molecule has 0 fully saturated rings. The number of nitrogens with one attached hydrogen (secondary N) is 1. The lowest BCUT2D eigenvalue weighted by atomic mass is 10.0. The molecule has 3 aromatic carbocycles. The summed E-state index contributed by atoms with van der Waals surface area (Å²) >= 11 is 12.8. The predicted octanol–water partition coefficient (Wildman–Crippen LogP) is 5.68. The number of nitrogens with zero attached hydrogens (tertiary/aromatic N) is 1. The first-order valence-corrected chi connectivity index (χ1v) is 11.9. The predicted molar refractivity (Wildman–Crippen MR) is 136 cm³/mol. The van der Waals surface area contributed by atoms with E-state index < -0.39 is 17.8 Å². The molecule has 0 spiro atoms. The summed E-state index contributed by atoms with van der Waals surface area (Å²) in [7, 11) is 0. The molecular formula is C27H27Cl2FN2O3. The van der Waals surface area contributed by atoms with E-state index in [-0.39, 0.29) is 31.5 Å². The van der Waals surface area contributed by atoms with Crippen molar-refractivity contribution in [2.45, 2.75) is 38.9 Å². The Morgan fingerprint density at radius 2 is 1.57 bits per heavy atom. The molecule has 0 aliphatic heterocycles. The van der Waals surface area contributed by atoms with E-state index in [2.05, 4.69) is 5.32 Å². The van der Waals surface area contributed by atoms with E-state index in [1.807, 2.05) is 44.2 Å². The number of carbonyl (C=O) groups is 2. The highest BCUT2D eigenvalue weighted by Crippen LogP contribution is 2.27. The molecule has 0 aromatic heterocycles. The van der Waals surface area contributed by atoms with Gasteiger partial charge in [0.25, 0.3) is 5.91 Å². The summed E-state index contributed by atoms with van der Waals surface area (Å²) in [6, 6.07) is 18.9. The van der Waals surface area contributed by atoms with Crippen molar-refractivity contribution in [2.24, 2.45) is 0 Å². The van der Waals surface area contributed by atoms with Crippen molar-refractivity contribution in [2.75, 3.05) is 6.61 Å². The molecule has 0 heterocycles. The number of halogens is 3. The molecule has 0 aliphatic carbocycles. The quantitative estimate of drug-likeness (QED) is 0.377. The van der Waals surface area contributed by atoms with Crippen molar-refractivity contribution in [3.05, 3.63) is 99.8 Å². The number of hydrogen-bond donors (Lipinski definition) is 1. The van der Waals surface area contributed by atoms with E-state index in [9.17, 15) is 14.0 Å². The first-order chi connectivity index (χ1) is 16.7. The van der Waals surface area contributed by atoms with Crippen LogP contribution in [0.4, 0.5) is 4.39 Å². The van der Waals surface area contributed by atoms with Crippen LogP contribution in [0.5, 0.6) is 5.75 Å². The first-order valence-electron chi connectivity index (χ1n) is 11.2. The van der Waals surface area contributed by atoms with Crippen LogP contribution in [-0.4, -0.2) is 35.4 Å². The summed E-state index contributed by atoms with van der Waals surface area (Å²) in [6.07, 6.45) is 0.282. The minimum absolute atomic E-state index is 0.00708. The van der Waals surface area contributed by atoms with Crippen molar-refractivity contribution in [1.82, 2.24) is 10.2 Å². The number of amides is 2. The van der Waals surface area contributed by atoms with Crippen molar-refractivity contribution in [3.8, 4) is 5.75 Å². The van der Waals surface area contributed by atoms with Crippen LogP contribution in [0, 0.1) is 5.82 Å². The summed E-state index contributed by atoms with van der Waals surface area (Å²) < 4.78 is 18.8. The molecule has 0 saturated heterocycles. The zero-order valence-electron chi connectivity index (χ0n) is 19.5. The van der Waals surface area contributed by atoms with Gasteiger partial charge in [0, 0.05) is 34.6 Å². The Balaban J connectivity index is 1.95. The third-order valence-corrected chi connectivity index (χ3v) is 5.98. The lowest BCUT2D eigenvalue weighted by Crippen LogP contribution is -2.52. The van der Waals surface area contributed by atoms with Crippen LogP contribution in [0.3, 0.4) is 0 Å². The summed E-state index contributed by atoms with van der Waals surface area (Å²) in [6.45, 7) is 3.36. The van der Waals surface area contributed by atoms with Gasteiger partial charge in [0.1, 0.15) is 17.6 Å². The van der Waals surface area contributed by atoms with Gasteiger partial charge in [-0.15, -0.1) is 0 Å². The van der Waals surface area contributed by atoms with Crippen molar-refractivity contribution >= 4 is 35.0 Å². The lowest BCUT2D eigenvalue weighted by Gasteiger charge is -2.32. The van der Waals surface area contributed by atoms with Gasteiger partial charge in [-0.25, -0.2) is 4.39 Å². The molecule has 8 heteroatoms. The largest absolute Gasteiger partial charge is 0.484 e. The normalized spacial score (nSPS) is 11.7. The van der Waals surface area contributed by atoms with Crippen LogP contribution in [0.25, 0.3) is 0 Å². The number of hydrogen-bond acceptors (Lipinski definition) is 3. The highest BCUT2D eigenvalue weighted by Gasteiger charge is 2.32. The van der Waals surface area contributed by atoms with Crippen LogP contribution in [0.2, 0.25) is 10.0 Å². The summed E-state index contributed by atoms with van der Waals surface area (Å²) in [5.41, 5.74) is 1.42. The Bertz CT molecular complexity index is 1120. The van der Waals surface area contributed by atoms with Gasteiger partial charge in [0.15, 0.2) is 6.61 Å². The van der Waals surface area contributed by atoms with E-state index in [1.165, 1.54) is 29.2 Å². The van der Waals surface area contributed by atoms with Crippen LogP contribution >= 0.6 is 23.2 Å². The minimum Gasteiger partial charge on any atom is -0.484 e. The zero-order chi connectivity index (χ0) is 25.4. The van der Waals surface area contributed by atoms with E-state index in [0.717, 1.165) is 5.56 Å². The van der Waals surface area contributed by atoms with Crippen LogP contribution in [-0.2, 0) is 22.6 Å². The monoisotopic (exact) mass is 516 g/mol. The highest BCUT2D eigenvalue weighted by molar-refractivity contribution is 6.36. The molecule has 0 aliphatic rings. The topological polar surface area (TPSA) is 58.6 Å². The standard InChI is InChI=1S/C27H27Cl2FN2O3/c1-18(2)31-27(34)25(15-19-7-4-3-5-8-19)32(16-22-23(28)9-6-10-24(22)29)26(33)17-35-21-13-11-20(30)12-14-21/h3-14,18,25H,15-17H2,1-2H3,(H,31,34). The summed E-state index contributed by atoms with van der Waals surface area (Å²) in [5.74, 6) is -0.819. The average Bonchev–Trinajstić information content (AvgIpc) is 2.82. The molecule has 184 valence electrons. The van der Waals surface area contributed by atoms with Gasteiger partial charge < -0.3 is 15.0 Å². The summed E-state index contributed by atoms with van der Waals surface area (Å²) in [5, 5.41) is 3.69. The smallest absolute Gasteiger partial charge is 0.261 e. The van der Waals surface area contributed by atoms with Crippen LogP contribution < -0.4 is 10.1 Å². The maximum atomic E-state index is 13.5. The molecule has 35 heavy (non-hydrogen) atoms. The second kappa shape index (κ2) is 12.6. The zero-order valence-corrected chi connectivity index (χ0v) is 21.0. The molecule has 1 unspecified atom stereocenters. The molecule has 2 amide bonds. The molecule has 3 rings (SSSR count). The molecule has 1 N–H and O–H groups in total. The van der Waals surface area contributed by atoms with Crippen molar-refractivity contribution in [3.63, 3.8) is 0 Å². The highest BCUT2D eigenvalue weighted by atomic mass is 35.5. The molecule has 5 nitrogen and oxygen atoms in total. The van der Waals surface area contributed by atoms with Gasteiger partial charge in [-0.3, -0.25) is 9.59 Å². The molecule has 1 atom stereocenters. The van der Waals surface area contributed by atoms with Gasteiger partial charge in [-0.1, -0.05) is 59.6 Å². The fraction of sp³-hybridized carbons (Fsp3) is 0.259. The van der Waals surface area contributed by atoms with Crippen molar-refractivity contribution in [1.29, 1.82) is 0 Å². The number of ether oxygens (including phenoxy) is 1. The number of benzene rings is 3. The Kier molecular flexibility index (Phi) is 9.52. The maximum absolute atomic E-state index is 13.5. The first kappa shape index (κ1) is 26.5. The second-order valence-corrected chi connectivity index (χ2v) is 9.15. The maximum Gasteiger partial charge on any atom is 0.261 e. The van der Waals surface area contributed by atoms with Crippen LogP contribution in [0.1, 0.15) is 25.0 Å². The van der Waals surface area contributed by atoms with E-state index in [1.54, 1.807) is 18.2 Å². The Morgan fingerprint density at radius 1 is 0.943 bits per heavy atom. The second-order valence-electron chi connectivity index (χ2n) is 8.33. The fourth-order valence-corrected chi connectivity index (χ4v) is 4.06. The van der Waals surface area contributed by atoms with E-state index in [0.29, 0.717) is 21.4 Å². The third kappa shape index (κ3) is 7.70. The number of rotatable bonds is 10. The van der Waals surface area contributed by atoms with Gasteiger partial charge in [-0.2, -0.15) is 0 Å². The van der Waals surface area contributed by atoms with E-state index in [4.69, 9.17) is 27.9 Å². The minimum atomic E-state index is -0.851. The van der Waals surface area contributed by atoms with Crippen molar-refractivity contribution < 1.29 is 18.7 Å². The average molecular weight is 517 g/mol. The van der Waals surface area contributed by atoms with Crippen LogP contribution in [0.15, 0.2) is 72.8 Å². The van der Waals surface area contributed by atoms with Gasteiger partial charge in [-0.05, 0) is 55.8 Å². The number of carbonyl (C=O) groups excluding carboxylic acids is 2. The van der Waals surface area contributed by atoms with Gasteiger partial charge >= 0.3 is 0 Å². The Hall–Kier alpha value is -3.09. The van der Waals surface area contributed by atoms with E-state index >= 15 is 0 Å². The Morgan fingerprint density at radius 3 is 2.17 bits per heavy atom. The third-order valence-electron chi connectivity index (χ3n) is 5.27. The van der Waals surface area contributed by atoms with Gasteiger partial charge in [0.05, 0.1) is 0 Å². The SMILES string of the molecule is CC(C)NC(=O)C(Cc1ccccc1)N(Cc1c(Cl)cccc1Cl)C(=O)COc1ccc(F)cc1. The Labute approximate surface area is 214 Å². The van der Waals surface area contributed by atoms with Gasteiger partial charge in [0.2, 0.25) is 5.91 Å². The molecule has 0 radical (unpaired) electrons. The molecule has 3 aromatic rings.